The Morgan fingerprint density at radius 3 is 2.20 bits per heavy atom. The maximum Gasteiger partial charge on any atom is 0.306 e. The molecule has 0 aliphatic heterocycles. The molecule has 0 heterocycles. The Kier molecular flexibility index (Phi) is 19.7. The highest BCUT2D eigenvalue weighted by molar-refractivity contribution is 5.85. The van der Waals surface area contributed by atoms with E-state index in [0.717, 1.165) is 93.5 Å². The Hall–Kier alpha value is -0.820. The van der Waals surface area contributed by atoms with Gasteiger partial charge in [0.25, 0.3) is 0 Å². The Morgan fingerprint density at radius 2 is 1.50 bits per heavy atom. The van der Waals surface area contributed by atoms with Crippen LogP contribution in [0.1, 0.15) is 163 Å². The van der Waals surface area contributed by atoms with Crippen molar-refractivity contribution in [2.24, 2.45) is 57.8 Å². The third-order valence-electron chi connectivity index (χ3n) is 14.0. The van der Waals surface area contributed by atoms with Gasteiger partial charge in [0.05, 0.1) is 6.42 Å². The molecule has 4 rings (SSSR count). The summed E-state index contributed by atoms with van der Waals surface area (Å²) in [6, 6.07) is 0. The van der Waals surface area contributed by atoms with E-state index in [1.165, 1.54) is 70.6 Å². The number of carbonyl (C=O) groups is 2. The van der Waals surface area contributed by atoms with Crippen molar-refractivity contribution in [1.82, 2.24) is 4.90 Å². The number of unbranched alkanes of at least 4 members (excludes halogenated alkanes) is 5. The number of hydrogen-bond acceptors (Lipinski definition) is 5. The van der Waals surface area contributed by atoms with Gasteiger partial charge in [-0.05, 0) is 124 Å². The summed E-state index contributed by atoms with van der Waals surface area (Å²) in [4.78, 5) is 28.0. The van der Waals surface area contributed by atoms with Crippen LogP contribution >= 0.6 is 24.8 Å². The number of rotatable bonds is 20. The van der Waals surface area contributed by atoms with Crippen LogP contribution in [-0.4, -0.2) is 49.1 Å². The molecule has 50 heavy (non-hydrogen) atoms. The molecule has 4 aliphatic rings. The summed E-state index contributed by atoms with van der Waals surface area (Å²) in [6.45, 7) is 15.3. The number of ether oxygens (including phenoxy) is 1. The molecule has 3 saturated carbocycles. The van der Waals surface area contributed by atoms with Gasteiger partial charge in [0.1, 0.15) is 6.10 Å². The number of nitrogens with zero attached hydrogens (tertiary/aromatic N) is 1. The van der Waals surface area contributed by atoms with Crippen LogP contribution < -0.4 is 11.5 Å². The van der Waals surface area contributed by atoms with Gasteiger partial charge in [0.15, 0.2) is 0 Å². The van der Waals surface area contributed by atoms with Crippen molar-refractivity contribution in [3.63, 3.8) is 0 Å². The summed E-state index contributed by atoms with van der Waals surface area (Å²) >= 11 is 0. The second-order valence-electron chi connectivity index (χ2n) is 17.6. The van der Waals surface area contributed by atoms with Gasteiger partial charge in [-0.2, -0.15) is 0 Å². The van der Waals surface area contributed by atoms with E-state index in [-0.39, 0.29) is 61.1 Å². The van der Waals surface area contributed by atoms with E-state index in [1.807, 2.05) is 4.90 Å². The molecule has 8 atom stereocenters. The first-order valence-corrected chi connectivity index (χ1v) is 20.6. The number of amides is 1. The molecular formula is C42H77Cl2N3O3. The minimum Gasteiger partial charge on any atom is -0.462 e. The minimum absolute atomic E-state index is 0. The zero-order valence-electron chi connectivity index (χ0n) is 32.7. The normalized spacial score (nSPS) is 30.6. The van der Waals surface area contributed by atoms with Crippen LogP contribution in [0.2, 0.25) is 0 Å². The molecule has 0 aromatic rings. The average Bonchev–Trinajstić information content (AvgIpc) is 3.42. The maximum atomic E-state index is 13.1. The fraction of sp³-hybridized carbons (Fsp3) is 0.905. The first kappa shape index (κ1) is 45.3. The summed E-state index contributed by atoms with van der Waals surface area (Å²) in [7, 11) is 0. The molecule has 1 unspecified atom stereocenters. The standard InChI is InChI=1S/C42H75N3O3.2ClH/c1-31(2)14-12-15-32(3)36-18-19-37-35-17-16-33-30-34(22-24-41(33,4)38(35)23-25-42(36,37)5)48-40(47)21-20-39(46)45(29-13-27-44)28-11-9-7-6-8-10-26-43;;/h16,31-32,34-38H,6-15,17-30,43-44H2,1-5H3;2*1H/t32?,34-,35-,36+,37-,38-,41-,42+;;/m0../s1. The second-order valence-corrected chi connectivity index (χ2v) is 17.6. The van der Waals surface area contributed by atoms with Crippen LogP contribution in [0.15, 0.2) is 11.6 Å². The van der Waals surface area contributed by atoms with Gasteiger partial charge in [-0.1, -0.05) is 91.2 Å². The van der Waals surface area contributed by atoms with E-state index in [1.54, 1.807) is 5.57 Å². The predicted molar refractivity (Wildman–Crippen MR) is 214 cm³/mol. The lowest BCUT2D eigenvalue weighted by atomic mass is 9.47. The number of allylic oxidation sites excluding steroid dienone is 1. The van der Waals surface area contributed by atoms with Gasteiger partial charge in [-0.3, -0.25) is 9.59 Å². The summed E-state index contributed by atoms with van der Waals surface area (Å²) in [5.41, 5.74) is 13.7. The number of fused-ring (bicyclic) bond motifs is 5. The van der Waals surface area contributed by atoms with Crippen LogP contribution in [0.25, 0.3) is 0 Å². The predicted octanol–water partition coefficient (Wildman–Crippen LogP) is 10.0. The molecule has 6 nitrogen and oxygen atoms in total. The van der Waals surface area contributed by atoms with Crippen molar-refractivity contribution >= 4 is 36.7 Å². The van der Waals surface area contributed by atoms with Crippen LogP contribution in [0.3, 0.4) is 0 Å². The molecule has 0 aromatic heterocycles. The topological polar surface area (TPSA) is 98.7 Å². The number of esters is 1. The van der Waals surface area contributed by atoms with Crippen molar-refractivity contribution in [1.29, 1.82) is 0 Å². The summed E-state index contributed by atoms with van der Waals surface area (Å²) in [5, 5.41) is 0. The highest BCUT2D eigenvalue weighted by atomic mass is 35.5. The number of halogens is 2. The van der Waals surface area contributed by atoms with Crippen molar-refractivity contribution in [2.75, 3.05) is 26.2 Å². The minimum atomic E-state index is -0.210. The molecule has 8 heteroatoms. The quantitative estimate of drug-likeness (QED) is 0.0735. The van der Waals surface area contributed by atoms with Crippen LogP contribution in [0, 0.1) is 46.3 Å². The second kappa shape index (κ2) is 21.8. The van der Waals surface area contributed by atoms with Gasteiger partial charge in [-0.25, -0.2) is 0 Å². The smallest absolute Gasteiger partial charge is 0.306 e. The molecule has 0 radical (unpaired) electrons. The lowest BCUT2D eigenvalue weighted by Crippen LogP contribution is -2.51. The van der Waals surface area contributed by atoms with E-state index in [4.69, 9.17) is 16.2 Å². The first-order chi connectivity index (χ1) is 23.0. The molecule has 0 bridgehead atoms. The Morgan fingerprint density at radius 1 is 0.820 bits per heavy atom. The van der Waals surface area contributed by atoms with Crippen molar-refractivity contribution < 1.29 is 14.3 Å². The third kappa shape index (κ3) is 11.6. The highest BCUT2D eigenvalue weighted by Crippen LogP contribution is 2.67. The fourth-order valence-electron chi connectivity index (χ4n) is 11.2. The zero-order valence-corrected chi connectivity index (χ0v) is 34.4. The number of carbonyl (C=O) groups excluding carboxylic acids is 2. The van der Waals surface area contributed by atoms with Gasteiger partial charge in [0.2, 0.25) is 5.91 Å². The van der Waals surface area contributed by atoms with Gasteiger partial charge in [-0.15, -0.1) is 24.8 Å². The lowest BCUT2D eigenvalue weighted by molar-refractivity contribution is -0.153. The molecule has 3 fully saturated rings. The number of nitrogens with two attached hydrogens (primary N) is 2. The summed E-state index contributed by atoms with van der Waals surface area (Å²) < 4.78 is 6.07. The Bertz CT molecular complexity index is 1060. The number of hydrogen-bond donors (Lipinski definition) is 2. The molecule has 0 aromatic carbocycles. The summed E-state index contributed by atoms with van der Waals surface area (Å²) in [6.07, 6.45) is 24.4. The highest BCUT2D eigenvalue weighted by Gasteiger charge is 2.59. The Balaban J connectivity index is 0.00000433. The molecule has 4 aliphatic carbocycles. The third-order valence-corrected chi connectivity index (χ3v) is 14.0. The summed E-state index contributed by atoms with van der Waals surface area (Å²) in [5.74, 6) is 4.84. The zero-order chi connectivity index (χ0) is 34.7. The van der Waals surface area contributed by atoms with Gasteiger partial charge in [0, 0.05) is 25.9 Å². The fourth-order valence-corrected chi connectivity index (χ4v) is 11.2. The Labute approximate surface area is 319 Å². The molecule has 4 N–H and O–H groups in total. The monoisotopic (exact) mass is 742 g/mol. The SMILES string of the molecule is CC(C)CCCC(C)[C@H]1CC[C@H]2[C@@H]3CC=C4C[C@@H](OC(=O)CCC(=O)N(CCCN)CCCCCCCCN)CC[C@]4(C)[C@H]3CC[C@]12C.Cl.Cl. The van der Waals surface area contributed by atoms with Crippen molar-refractivity contribution in [3.05, 3.63) is 11.6 Å². The van der Waals surface area contributed by atoms with E-state index in [2.05, 4.69) is 40.7 Å². The average molecular weight is 743 g/mol. The van der Waals surface area contributed by atoms with E-state index >= 15 is 0 Å². The molecule has 1 amide bonds. The van der Waals surface area contributed by atoms with Crippen LogP contribution in [-0.2, 0) is 14.3 Å². The van der Waals surface area contributed by atoms with Crippen LogP contribution in [0.4, 0.5) is 0 Å². The van der Waals surface area contributed by atoms with Crippen LogP contribution in [0.5, 0.6) is 0 Å². The maximum absolute atomic E-state index is 13.1. The largest absolute Gasteiger partial charge is 0.462 e. The first-order valence-electron chi connectivity index (χ1n) is 20.6. The van der Waals surface area contributed by atoms with Crippen molar-refractivity contribution in [2.45, 2.75) is 169 Å². The van der Waals surface area contributed by atoms with Crippen molar-refractivity contribution in [3.8, 4) is 0 Å². The van der Waals surface area contributed by atoms with E-state index in [9.17, 15) is 9.59 Å². The molecular weight excluding hydrogens is 665 g/mol. The van der Waals surface area contributed by atoms with Gasteiger partial charge >= 0.3 is 5.97 Å². The van der Waals surface area contributed by atoms with E-state index < -0.39 is 0 Å². The molecule has 0 spiro atoms. The van der Waals surface area contributed by atoms with E-state index in [0.29, 0.717) is 18.5 Å². The van der Waals surface area contributed by atoms with Gasteiger partial charge < -0.3 is 21.1 Å². The molecule has 0 saturated heterocycles. The lowest BCUT2D eigenvalue weighted by Gasteiger charge is -2.58. The molecule has 292 valence electrons.